The van der Waals surface area contributed by atoms with Crippen LogP contribution in [-0.2, 0) is 11.3 Å². The molecule has 0 spiro atoms. The third-order valence-corrected chi connectivity index (χ3v) is 4.58. The quantitative estimate of drug-likeness (QED) is 0.581. The molecule has 2 N–H and O–H groups in total. The van der Waals surface area contributed by atoms with Gasteiger partial charge in [-0.15, -0.1) is 0 Å². The average molecular weight is 387 g/mol. The largest absolute Gasteiger partial charge is 0.487 e. The van der Waals surface area contributed by atoms with Gasteiger partial charge in [0.15, 0.2) is 11.8 Å². The third-order valence-electron chi connectivity index (χ3n) is 4.58. The van der Waals surface area contributed by atoms with Gasteiger partial charge in [-0.05, 0) is 33.8 Å². The van der Waals surface area contributed by atoms with E-state index in [0.29, 0.717) is 30.8 Å². The zero-order valence-corrected chi connectivity index (χ0v) is 17.2. The van der Waals surface area contributed by atoms with Gasteiger partial charge >= 0.3 is 0 Å². The molecule has 1 aromatic carbocycles. The number of guanidine groups is 1. The second kappa shape index (κ2) is 8.60. The summed E-state index contributed by atoms with van der Waals surface area (Å²) < 4.78 is 16.9. The Balaban J connectivity index is 1.64. The van der Waals surface area contributed by atoms with Gasteiger partial charge in [-0.2, -0.15) is 4.98 Å². The van der Waals surface area contributed by atoms with Crippen molar-refractivity contribution in [3.05, 3.63) is 41.5 Å². The third kappa shape index (κ3) is 4.81. The van der Waals surface area contributed by atoms with Crippen LogP contribution in [0.25, 0.3) is 0 Å². The summed E-state index contributed by atoms with van der Waals surface area (Å²) in [5.74, 6) is 2.59. The van der Waals surface area contributed by atoms with Crippen LogP contribution in [0.2, 0.25) is 0 Å². The molecule has 3 rings (SSSR count). The van der Waals surface area contributed by atoms with E-state index in [0.717, 1.165) is 17.7 Å². The van der Waals surface area contributed by atoms with Crippen LogP contribution >= 0.6 is 0 Å². The van der Waals surface area contributed by atoms with Crippen molar-refractivity contribution < 1.29 is 14.0 Å². The monoisotopic (exact) mass is 387 g/mol. The summed E-state index contributed by atoms with van der Waals surface area (Å²) >= 11 is 0. The van der Waals surface area contributed by atoms with Gasteiger partial charge in [0, 0.05) is 25.6 Å². The minimum Gasteiger partial charge on any atom is -0.487 e. The molecule has 0 fully saturated rings. The number of fused-ring (bicyclic) bond motifs is 1. The Labute approximate surface area is 165 Å². The number of aromatic nitrogens is 2. The van der Waals surface area contributed by atoms with E-state index >= 15 is 0 Å². The highest BCUT2D eigenvalue weighted by molar-refractivity contribution is 5.80. The Hall–Kier alpha value is -2.61. The van der Waals surface area contributed by atoms with E-state index in [1.165, 1.54) is 0 Å². The molecule has 0 amide bonds. The molecule has 1 aromatic heterocycles. The van der Waals surface area contributed by atoms with Crippen LogP contribution in [0.5, 0.6) is 5.75 Å². The lowest BCUT2D eigenvalue weighted by molar-refractivity contribution is 0.0682. The van der Waals surface area contributed by atoms with Crippen LogP contribution in [0.15, 0.2) is 33.8 Å². The highest BCUT2D eigenvalue weighted by Gasteiger charge is 2.34. The van der Waals surface area contributed by atoms with Crippen molar-refractivity contribution in [3.8, 4) is 5.75 Å². The topological polar surface area (TPSA) is 93.8 Å². The van der Waals surface area contributed by atoms with Crippen molar-refractivity contribution >= 4 is 5.96 Å². The van der Waals surface area contributed by atoms with Gasteiger partial charge in [-0.3, -0.25) is 4.99 Å². The van der Waals surface area contributed by atoms with Gasteiger partial charge in [0.05, 0.1) is 12.6 Å². The number of nitrogens with zero attached hydrogens (tertiary/aromatic N) is 3. The molecular formula is C20H29N5O3. The number of rotatable bonds is 6. The molecule has 0 saturated carbocycles. The molecule has 2 heterocycles. The predicted octanol–water partition coefficient (Wildman–Crippen LogP) is 3.13. The summed E-state index contributed by atoms with van der Waals surface area (Å²) in [5, 5.41) is 10.7. The first-order chi connectivity index (χ1) is 13.4. The van der Waals surface area contributed by atoms with E-state index < -0.39 is 0 Å². The molecule has 28 heavy (non-hydrogen) atoms. The number of aliphatic imine (C=N–C) groups is 1. The minimum atomic E-state index is -0.262. The Morgan fingerprint density at radius 3 is 2.93 bits per heavy atom. The maximum absolute atomic E-state index is 6.09. The van der Waals surface area contributed by atoms with E-state index in [4.69, 9.17) is 14.0 Å². The molecule has 1 aliphatic rings. The fraction of sp³-hybridized carbons (Fsp3) is 0.550. The Morgan fingerprint density at radius 2 is 2.18 bits per heavy atom. The zero-order chi connectivity index (χ0) is 20.1. The van der Waals surface area contributed by atoms with Crippen LogP contribution in [0, 0.1) is 0 Å². The number of ether oxygens (including phenoxy) is 2. The van der Waals surface area contributed by atoms with Crippen LogP contribution < -0.4 is 15.4 Å². The first-order valence-corrected chi connectivity index (χ1v) is 9.61. The minimum absolute atomic E-state index is 0.0855. The molecule has 0 aliphatic carbocycles. The normalized spacial score (nSPS) is 19.5. The molecule has 0 radical (unpaired) electrons. The molecule has 1 aliphatic heterocycles. The van der Waals surface area contributed by atoms with Gasteiger partial charge in [0.2, 0.25) is 5.89 Å². The van der Waals surface area contributed by atoms with Crippen LogP contribution in [0.3, 0.4) is 0 Å². The molecule has 0 saturated heterocycles. The SMILES string of the molecule is CCOC(C)c1noc(CNC(=NC)NC2CC(C)(C)Oc3ccccc32)n1. The van der Waals surface area contributed by atoms with Crippen molar-refractivity contribution in [2.45, 2.75) is 58.4 Å². The van der Waals surface area contributed by atoms with E-state index in [1.807, 2.05) is 32.0 Å². The van der Waals surface area contributed by atoms with Gasteiger partial charge in [-0.25, -0.2) is 0 Å². The molecule has 8 nitrogen and oxygen atoms in total. The van der Waals surface area contributed by atoms with Gasteiger partial charge < -0.3 is 24.6 Å². The lowest BCUT2D eigenvalue weighted by atomic mass is 9.90. The summed E-state index contributed by atoms with van der Waals surface area (Å²) in [4.78, 5) is 8.70. The van der Waals surface area contributed by atoms with Crippen molar-refractivity contribution in [2.24, 2.45) is 4.99 Å². The Kier molecular flexibility index (Phi) is 6.18. The Bertz CT molecular complexity index is 818. The number of para-hydroxylation sites is 1. The maximum Gasteiger partial charge on any atom is 0.246 e. The molecule has 2 unspecified atom stereocenters. The second-order valence-corrected chi connectivity index (χ2v) is 7.37. The summed E-state index contributed by atoms with van der Waals surface area (Å²) in [6, 6.07) is 8.17. The average Bonchev–Trinajstić information content (AvgIpc) is 3.13. The molecule has 2 atom stereocenters. The Morgan fingerprint density at radius 1 is 1.39 bits per heavy atom. The van der Waals surface area contributed by atoms with Crippen molar-refractivity contribution in [1.82, 2.24) is 20.8 Å². The number of hydrogen-bond acceptors (Lipinski definition) is 6. The summed E-state index contributed by atoms with van der Waals surface area (Å²) in [7, 11) is 1.74. The lowest BCUT2D eigenvalue weighted by Gasteiger charge is -2.38. The summed E-state index contributed by atoms with van der Waals surface area (Å²) in [6.07, 6.45) is 0.627. The summed E-state index contributed by atoms with van der Waals surface area (Å²) in [6.45, 7) is 8.99. The molecular weight excluding hydrogens is 358 g/mol. The second-order valence-electron chi connectivity index (χ2n) is 7.37. The number of hydrogen-bond donors (Lipinski definition) is 2. The standard InChI is InChI=1S/C20H29N5O3/c1-6-26-13(2)18-24-17(28-25-18)12-22-19(21-5)23-15-11-20(3,4)27-16-10-8-7-9-14(15)16/h7-10,13,15H,6,11-12H2,1-5H3,(H2,21,22,23). The van der Waals surface area contributed by atoms with E-state index in [9.17, 15) is 0 Å². The first kappa shape index (κ1) is 20.1. The van der Waals surface area contributed by atoms with Crippen LogP contribution in [-0.4, -0.2) is 35.4 Å². The smallest absolute Gasteiger partial charge is 0.246 e. The highest BCUT2D eigenvalue weighted by atomic mass is 16.5. The van der Waals surface area contributed by atoms with E-state index in [2.05, 4.69) is 45.7 Å². The number of nitrogens with one attached hydrogen (secondary N) is 2. The first-order valence-electron chi connectivity index (χ1n) is 9.61. The maximum atomic E-state index is 6.09. The highest BCUT2D eigenvalue weighted by Crippen LogP contribution is 2.39. The lowest BCUT2D eigenvalue weighted by Crippen LogP contribution is -2.45. The van der Waals surface area contributed by atoms with Crippen molar-refractivity contribution in [2.75, 3.05) is 13.7 Å². The number of benzene rings is 1. The zero-order valence-electron chi connectivity index (χ0n) is 17.2. The van der Waals surface area contributed by atoms with Crippen LogP contribution in [0.4, 0.5) is 0 Å². The van der Waals surface area contributed by atoms with Gasteiger partial charge in [-0.1, -0.05) is 23.4 Å². The fourth-order valence-corrected chi connectivity index (χ4v) is 3.28. The molecule has 0 bridgehead atoms. The van der Waals surface area contributed by atoms with E-state index in [1.54, 1.807) is 7.05 Å². The van der Waals surface area contributed by atoms with E-state index in [-0.39, 0.29) is 17.7 Å². The molecule has 152 valence electrons. The van der Waals surface area contributed by atoms with Gasteiger partial charge in [0.25, 0.3) is 0 Å². The predicted molar refractivity (Wildman–Crippen MR) is 106 cm³/mol. The molecule has 8 heteroatoms. The van der Waals surface area contributed by atoms with Crippen molar-refractivity contribution in [3.63, 3.8) is 0 Å². The summed E-state index contributed by atoms with van der Waals surface area (Å²) in [5.41, 5.74) is 0.859. The van der Waals surface area contributed by atoms with Gasteiger partial charge in [0.1, 0.15) is 17.5 Å². The van der Waals surface area contributed by atoms with Crippen molar-refractivity contribution in [1.29, 1.82) is 0 Å². The fourth-order valence-electron chi connectivity index (χ4n) is 3.28. The van der Waals surface area contributed by atoms with Crippen LogP contribution in [0.1, 0.15) is 63.5 Å². The molecule has 2 aromatic rings.